The summed E-state index contributed by atoms with van der Waals surface area (Å²) in [6, 6.07) is 8.87. The van der Waals surface area contributed by atoms with E-state index in [0.717, 1.165) is 25.9 Å². The number of nitrogens with one attached hydrogen (secondary N) is 3. The van der Waals surface area contributed by atoms with Gasteiger partial charge in [0.05, 0.1) is 45.5 Å². The Bertz CT molecular complexity index is 3030. The number of H-pyrrole nitrogens is 2. The number of piperazine rings is 2. The van der Waals surface area contributed by atoms with Gasteiger partial charge in [-0.3, -0.25) is 9.59 Å². The van der Waals surface area contributed by atoms with Crippen molar-refractivity contribution in [1.29, 1.82) is 0 Å². The van der Waals surface area contributed by atoms with Crippen LogP contribution in [0.3, 0.4) is 0 Å². The third-order valence-electron chi connectivity index (χ3n) is 11.2. The fourth-order valence-electron chi connectivity index (χ4n) is 7.70. The third kappa shape index (κ3) is 11.9. The average Bonchev–Trinajstić information content (AvgIpc) is 3.79. The Kier molecular flexibility index (Phi) is 17.0. The average molecular weight is 986 g/mol. The third-order valence-corrected chi connectivity index (χ3v) is 14.4. The van der Waals surface area contributed by atoms with E-state index in [-0.39, 0.29) is 32.6 Å². The highest BCUT2D eigenvalue weighted by Gasteiger charge is 2.29. The van der Waals surface area contributed by atoms with Gasteiger partial charge in [0.25, 0.3) is 20.2 Å². The molecule has 0 unspecified atom stereocenters. The van der Waals surface area contributed by atoms with Crippen molar-refractivity contribution < 1.29 is 26.3 Å². The maximum atomic E-state index is 13.3. The molecule has 67 heavy (non-hydrogen) atoms. The minimum atomic E-state index is -3.95. The molecule has 0 saturated carbocycles. The number of fused-ring (bicyclic) bond motifs is 2. The Morgan fingerprint density at radius 3 is 1.48 bits per heavy atom. The predicted molar refractivity (Wildman–Crippen MR) is 258 cm³/mol. The second kappa shape index (κ2) is 22.3. The lowest BCUT2D eigenvalue weighted by molar-refractivity contribution is 0.222. The van der Waals surface area contributed by atoms with Crippen molar-refractivity contribution in [2.24, 2.45) is 0 Å². The number of sulfonamides is 1. The summed E-state index contributed by atoms with van der Waals surface area (Å²) in [5, 5.41) is 12.4. The summed E-state index contributed by atoms with van der Waals surface area (Å²) in [6.45, 7) is 18.9. The lowest BCUT2D eigenvalue weighted by Crippen LogP contribution is -2.47. The van der Waals surface area contributed by atoms with Crippen LogP contribution in [0.1, 0.15) is 63.6 Å². The quantitative estimate of drug-likeness (QED) is 0.139. The number of hydrogen-bond donors (Lipinski definition) is 3. The molecule has 0 bridgehead atoms. The van der Waals surface area contributed by atoms with E-state index in [0.29, 0.717) is 109 Å². The van der Waals surface area contributed by atoms with E-state index in [1.807, 2.05) is 27.8 Å². The molecule has 364 valence electrons. The largest absolute Gasteiger partial charge is 0.493 e. The zero-order chi connectivity index (χ0) is 48.6. The van der Waals surface area contributed by atoms with Gasteiger partial charge in [-0.05, 0) is 91.0 Å². The van der Waals surface area contributed by atoms with Crippen molar-refractivity contribution >= 4 is 40.8 Å². The second-order valence-electron chi connectivity index (χ2n) is 16.2. The molecule has 6 heterocycles. The number of halogens is 1. The highest BCUT2D eigenvalue weighted by molar-refractivity contribution is 8.13. The first kappa shape index (κ1) is 51.2. The highest BCUT2D eigenvalue weighted by Crippen LogP contribution is 2.33. The van der Waals surface area contributed by atoms with E-state index >= 15 is 0 Å². The predicted octanol–water partition coefficient (Wildman–Crippen LogP) is 3.87. The molecule has 0 amide bonds. The van der Waals surface area contributed by atoms with Crippen molar-refractivity contribution in [2.45, 2.75) is 77.0 Å². The monoisotopic (exact) mass is 984 g/mol. The van der Waals surface area contributed by atoms with Crippen LogP contribution in [0.25, 0.3) is 33.8 Å². The number of aromatic nitrogens is 8. The molecule has 3 N–H and O–H groups in total. The van der Waals surface area contributed by atoms with Gasteiger partial charge in [-0.15, -0.1) is 10.2 Å². The molecule has 0 aliphatic carbocycles. The van der Waals surface area contributed by atoms with Crippen molar-refractivity contribution in [3.8, 4) is 34.3 Å². The molecule has 2 aromatic carbocycles. The van der Waals surface area contributed by atoms with Crippen LogP contribution in [0, 0.1) is 13.8 Å². The van der Waals surface area contributed by atoms with Crippen LogP contribution >= 0.6 is 10.7 Å². The maximum absolute atomic E-state index is 13.3. The lowest BCUT2D eigenvalue weighted by Gasteiger charge is -2.31. The number of nitrogens with zero attached hydrogens (tertiary/aromatic N) is 9. The van der Waals surface area contributed by atoms with Crippen LogP contribution < -0.4 is 25.9 Å². The van der Waals surface area contributed by atoms with Gasteiger partial charge in [0.15, 0.2) is 22.7 Å². The Hall–Kier alpha value is -5.23. The van der Waals surface area contributed by atoms with Crippen LogP contribution in [0.4, 0.5) is 0 Å². The van der Waals surface area contributed by atoms with E-state index in [4.69, 9.17) is 20.2 Å². The minimum absolute atomic E-state index is 0.110. The lowest BCUT2D eigenvalue weighted by atomic mass is 10.2. The molecule has 20 nitrogen and oxygen atoms in total. The molecule has 2 saturated heterocycles. The van der Waals surface area contributed by atoms with Crippen LogP contribution in [0.5, 0.6) is 11.5 Å². The van der Waals surface area contributed by atoms with E-state index < -0.39 is 19.1 Å². The van der Waals surface area contributed by atoms with Gasteiger partial charge < -0.3 is 34.6 Å². The van der Waals surface area contributed by atoms with Crippen molar-refractivity contribution in [3.63, 3.8) is 0 Å². The minimum Gasteiger partial charge on any atom is -0.493 e. The van der Waals surface area contributed by atoms with Gasteiger partial charge in [0.1, 0.15) is 23.1 Å². The molecule has 0 spiro atoms. The first-order valence-corrected chi connectivity index (χ1v) is 26.2. The summed E-state index contributed by atoms with van der Waals surface area (Å²) >= 11 is 0. The molecular formula is C44H61ClN12O8S2. The van der Waals surface area contributed by atoms with E-state index in [1.54, 1.807) is 37.4 Å². The fourth-order valence-corrected chi connectivity index (χ4v) is 9.93. The second-order valence-corrected chi connectivity index (χ2v) is 20.7. The normalized spacial score (nSPS) is 15.2. The summed E-state index contributed by atoms with van der Waals surface area (Å²) in [5.74, 6) is 2.60. The first-order chi connectivity index (χ1) is 31.9. The topological polar surface area (TPSA) is 235 Å². The summed E-state index contributed by atoms with van der Waals surface area (Å²) in [6.07, 6.45) is 3.01. The van der Waals surface area contributed by atoms with Crippen LogP contribution in [0.2, 0.25) is 0 Å². The van der Waals surface area contributed by atoms with E-state index in [1.165, 1.54) is 46.2 Å². The summed E-state index contributed by atoms with van der Waals surface area (Å²) in [7, 11) is 1.94. The van der Waals surface area contributed by atoms with Crippen molar-refractivity contribution in [3.05, 3.63) is 80.1 Å². The molecule has 6 aromatic rings. The number of ether oxygens (including phenoxy) is 2. The van der Waals surface area contributed by atoms with Gasteiger partial charge in [0.2, 0.25) is 10.0 Å². The fraction of sp³-hybridized carbons (Fsp3) is 0.500. The molecule has 2 aliphatic rings. The number of aromatic amines is 2. The number of hydrogen-bond acceptors (Lipinski definition) is 15. The maximum Gasteiger partial charge on any atom is 0.277 e. The zero-order valence-corrected chi connectivity index (χ0v) is 41.7. The number of aryl methyl sites for hydroxylation is 4. The Morgan fingerprint density at radius 1 is 0.642 bits per heavy atom. The number of rotatable bonds is 13. The highest BCUT2D eigenvalue weighted by atomic mass is 35.7. The van der Waals surface area contributed by atoms with Gasteiger partial charge in [0, 0.05) is 75.9 Å². The first-order valence-electron chi connectivity index (χ1n) is 22.5. The van der Waals surface area contributed by atoms with Crippen LogP contribution in [0.15, 0.2) is 55.8 Å². The van der Waals surface area contributed by atoms with Crippen molar-refractivity contribution in [1.82, 2.24) is 58.6 Å². The molecule has 0 radical (unpaired) electrons. The molecule has 2 aliphatic heterocycles. The summed E-state index contributed by atoms with van der Waals surface area (Å²) < 4.78 is 66.0. The van der Waals surface area contributed by atoms with Crippen LogP contribution in [-0.4, -0.2) is 150 Å². The Morgan fingerprint density at radius 2 is 1.07 bits per heavy atom. The molecule has 23 heteroatoms. The number of benzene rings is 2. The summed E-state index contributed by atoms with van der Waals surface area (Å²) in [4.78, 5) is 44.4. The van der Waals surface area contributed by atoms with E-state index in [2.05, 4.69) is 52.3 Å². The number of imidazole rings is 2. The molecule has 2 fully saturated rings. The molecule has 4 aromatic heterocycles. The van der Waals surface area contributed by atoms with Crippen LogP contribution in [-0.2, 0) is 31.9 Å². The van der Waals surface area contributed by atoms with Gasteiger partial charge >= 0.3 is 0 Å². The van der Waals surface area contributed by atoms with Gasteiger partial charge in [-0.1, -0.05) is 13.8 Å². The number of likely N-dealkylation sites (N-methyl/N-ethyl adjacent to an activating group) is 2. The SMILES string of the molecule is CCCc1nc(C)c2c(=O)[nH]c(-c3cc(S(=O)(=O)Cl)ccc3OCC)nn12.CCCc1nc(C)c2c(=O)[nH]c(-c3cc(S(=O)(=O)N4CCN(C)CC4)ccc3OCC)nn12.CN1CCNCC1. The summed E-state index contributed by atoms with van der Waals surface area (Å²) in [5.41, 5.74) is 1.99. The smallest absolute Gasteiger partial charge is 0.277 e. The molecular weight excluding hydrogens is 924 g/mol. The van der Waals surface area contributed by atoms with Gasteiger partial charge in [-0.25, -0.2) is 35.8 Å². The molecule has 0 atom stereocenters. The van der Waals surface area contributed by atoms with E-state index in [9.17, 15) is 26.4 Å². The standard InChI is InChI=1S/C22H30N6O4S.C17H19ClN4O4S.C5H12N2/c1-5-7-19-23-15(3)20-22(29)24-21(25-28(19)20)17-14-16(8-9-18(17)32-6-2)33(30,31)27-12-10-26(4)11-13-27;1-4-6-14-19-10(3)15-17(23)20-16(21-22(14)15)12-9-11(27(18,24)25)7-8-13(12)26-5-2;1-7-4-2-6-3-5-7/h8-9,14H,5-7,10-13H2,1-4H3,(H,24,25,29);7-9H,4-6H2,1-3H3,(H,20,21,23);6H,2-5H2,1H3. The Labute approximate surface area is 395 Å². The van der Waals surface area contributed by atoms with Gasteiger partial charge in [-0.2, -0.15) is 4.31 Å². The Balaban J connectivity index is 0.000000195. The zero-order valence-electron chi connectivity index (χ0n) is 39.3. The molecule has 8 rings (SSSR count). The van der Waals surface area contributed by atoms with Crippen molar-refractivity contribution in [2.75, 3.05) is 79.7 Å².